The van der Waals surface area contributed by atoms with Gasteiger partial charge in [0.15, 0.2) is 5.76 Å². The van der Waals surface area contributed by atoms with E-state index in [1.165, 1.54) is 11.5 Å². The number of nitrogens with zero attached hydrogens (tertiary/aromatic N) is 1. The summed E-state index contributed by atoms with van der Waals surface area (Å²) in [5.41, 5.74) is 0.653. The molecule has 1 unspecified atom stereocenters. The van der Waals surface area contributed by atoms with Crippen LogP contribution in [0, 0.1) is 5.92 Å². The molecule has 4 nitrogen and oxygen atoms in total. The lowest BCUT2D eigenvalue weighted by Gasteiger charge is -2.38. The second-order valence-corrected chi connectivity index (χ2v) is 5.59. The molecule has 0 amide bonds. The third-order valence-electron chi connectivity index (χ3n) is 3.52. The average Bonchev–Trinajstić information content (AvgIpc) is 2.84. The molecule has 1 atom stereocenters. The number of hydrogen-bond acceptors (Lipinski definition) is 5. The second kappa shape index (κ2) is 5.10. The van der Waals surface area contributed by atoms with Crippen LogP contribution in [0.4, 0.5) is 0 Å². The molecule has 2 heterocycles. The predicted octanol–water partition coefficient (Wildman–Crippen LogP) is 2.86. The lowest BCUT2D eigenvalue weighted by molar-refractivity contribution is -0.167. The molecule has 0 bridgehead atoms. The van der Waals surface area contributed by atoms with Gasteiger partial charge in [0.25, 0.3) is 0 Å². The number of esters is 1. The van der Waals surface area contributed by atoms with Crippen LogP contribution in [0.1, 0.15) is 32.3 Å². The maximum Gasteiger partial charge on any atom is 0.373 e. The number of aromatic nitrogens is 1. The lowest BCUT2D eigenvalue weighted by atomic mass is 9.81. The molecule has 98 valence electrons. The van der Waals surface area contributed by atoms with E-state index in [0.29, 0.717) is 6.42 Å². The summed E-state index contributed by atoms with van der Waals surface area (Å²) in [5, 5.41) is 11.3. The van der Waals surface area contributed by atoms with Crippen molar-refractivity contribution in [3.63, 3.8) is 0 Å². The van der Waals surface area contributed by atoms with E-state index in [2.05, 4.69) is 4.37 Å². The van der Waals surface area contributed by atoms with Crippen molar-refractivity contribution < 1.29 is 14.6 Å². The topological polar surface area (TPSA) is 59.4 Å². The van der Waals surface area contributed by atoms with Gasteiger partial charge >= 0.3 is 5.97 Å². The summed E-state index contributed by atoms with van der Waals surface area (Å²) in [4.78, 5) is 11.5. The highest BCUT2D eigenvalue weighted by molar-refractivity contribution is 7.03. The van der Waals surface area contributed by atoms with Gasteiger partial charge in [-0.05, 0) is 41.9 Å². The number of cyclic esters (lactones) is 1. The Kier molecular flexibility index (Phi) is 3.71. The monoisotopic (exact) mass is 267 g/mol. The zero-order chi connectivity index (χ0) is 13.2. The van der Waals surface area contributed by atoms with Crippen LogP contribution >= 0.6 is 11.5 Å². The standard InChI is InChI=1S/C13H17NO3S/c1-9(2)13(5-3-10-7-14-18-8-10)6-4-11(15)12(16)17-13/h4,7-9,15H,3,5-6H2,1-2H3. The number of aliphatic hydroxyl groups excluding tert-OH is 1. The Morgan fingerprint density at radius 3 is 2.94 bits per heavy atom. The van der Waals surface area contributed by atoms with Gasteiger partial charge in [0, 0.05) is 18.0 Å². The Balaban J connectivity index is 2.11. The molecule has 18 heavy (non-hydrogen) atoms. The minimum atomic E-state index is -0.613. The fourth-order valence-electron chi connectivity index (χ4n) is 2.13. The number of rotatable bonds is 4. The summed E-state index contributed by atoms with van der Waals surface area (Å²) >= 11 is 1.42. The highest BCUT2D eigenvalue weighted by atomic mass is 32.1. The highest BCUT2D eigenvalue weighted by Crippen LogP contribution is 2.35. The van der Waals surface area contributed by atoms with Crippen molar-refractivity contribution in [2.45, 2.75) is 38.7 Å². The molecule has 0 radical (unpaired) electrons. The van der Waals surface area contributed by atoms with Crippen LogP contribution < -0.4 is 0 Å². The van der Waals surface area contributed by atoms with Crippen LogP contribution in [-0.4, -0.2) is 21.1 Å². The molecule has 1 aliphatic heterocycles. The van der Waals surface area contributed by atoms with Crippen LogP contribution in [0.25, 0.3) is 0 Å². The average molecular weight is 267 g/mol. The molecule has 1 aromatic heterocycles. The number of aliphatic hydroxyl groups is 1. The molecule has 0 aromatic carbocycles. The summed E-state index contributed by atoms with van der Waals surface area (Å²) in [6, 6.07) is 0. The fourth-order valence-corrected chi connectivity index (χ4v) is 2.70. The molecule has 2 rings (SSSR count). The van der Waals surface area contributed by atoms with E-state index in [4.69, 9.17) is 4.74 Å². The first kappa shape index (κ1) is 13.1. The first-order valence-corrected chi connectivity index (χ1v) is 6.88. The molecule has 1 N–H and O–H groups in total. The molecular formula is C13H17NO3S. The smallest absolute Gasteiger partial charge is 0.373 e. The van der Waals surface area contributed by atoms with E-state index in [0.717, 1.165) is 18.4 Å². The van der Waals surface area contributed by atoms with E-state index in [1.807, 2.05) is 25.4 Å². The van der Waals surface area contributed by atoms with E-state index >= 15 is 0 Å². The van der Waals surface area contributed by atoms with Gasteiger partial charge in [0.05, 0.1) is 0 Å². The first-order valence-electron chi connectivity index (χ1n) is 6.04. The van der Waals surface area contributed by atoms with Crippen molar-refractivity contribution in [1.29, 1.82) is 0 Å². The minimum Gasteiger partial charge on any atom is -0.502 e. The minimum absolute atomic E-state index is 0.206. The van der Waals surface area contributed by atoms with Gasteiger partial charge in [0.2, 0.25) is 0 Å². The van der Waals surface area contributed by atoms with E-state index in [1.54, 1.807) is 6.08 Å². The lowest BCUT2D eigenvalue weighted by Crippen LogP contribution is -2.43. The normalized spacial score (nSPS) is 23.9. The van der Waals surface area contributed by atoms with E-state index < -0.39 is 11.6 Å². The van der Waals surface area contributed by atoms with E-state index in [9.17, 15) is 9.90 Å². The van der Waals surface area contributed by atoms with Crippen molar-refractivity contribution in [3.8, 4) is 0 Å². The van der Waals surface area contributed by atoms with Gasteiger partial charge in [-0.3, -0.25) is 0 Å². The Hall–Kier alpha value is -1.36. The van der Waals surface area contributed by atoms with Crippen molar-refractivity contribution in [1.82, 2.24) is 4.37 Å². The Labute approximate surface area is 110 Å². The van der Waals surface area contributed by atoms with Crippen LogP contribution in [-0.2, 0) is 16.0 Å². The van der Waals surface area contributed by atoms with Gasteiger partial charge in [-0.15, -0.1) is 0 Å². The van der Waals surface area contributed by atoms with Gasteiger partial charge in [-0.25, -0.2) is 9.17 Å². The number of aryl methyl sites for hydroxylation is 1. The summed E-state index contributed by atoms with van der Waals surface area (Å²) in [7, 11) is 0. The molecule has 0 aliphatic carbocycles. The van der Waals surface area contributed by atoms with Crippen LogP contribution in [0.15, 0.2) is 23.4 Å². The summed E-state index contributed by atoms with van der Waals surface area (Å²) in [6.45, 7) is 4.07. The largest absolute Gasteiger partial charge is 0.502 e. The maximum atomic E-state index is 11.5. The van der Waals surface area contributed by atoms with E-state index in [-0.39, 0.29) is 11.7 Å². The first-order chi connectivity index (χ1) is 8.53. The predicted molar refractivity (Wildman–Crippen MR) is 69.4 cm³/mol. The molecular weight excluding hydrogens is 250 g/mol. The van der Waals surface area contributed by atoms with Gasteiger partial charge in [-0.1, -0.05) is 13.8 Å². The van der Waals surface area contributed by atoms with Gasteiger partial charge in [0.1, 0.15) is 5.60 Å². The molecule has 1 aliphatic rings. The van der Waals surface area contributed by atoms with Crippen LogP contribution in [0.2, 0.25) is 0 Å². The van der Waals surface area contributed by atoms with Crippen molar-refractivity contribution in [2.24, 2.45) is 5.92 Å². The van der Waals surface area contributed by atoms with Gasteiger partial charge < -0.3 is 9.84 Å². The molecule has 0 saturated carbocycles. The van der Waals surface area contributed by atoms with Crippen LogP contribution in [0.5, 0.6) is 0 Å². The maximum absolute atomic E-state index is 11.5. The molecule has 5 heteroatoms. The SMILES string of the molecule is CC(C)C1(CCc2cnsc2)CC=C(O)C(=O)O1. The molecule has 0 fully saturated rings. The Bertz CT molecular complexity index is 453. The third-order valence-corrected chi connectivity index (χ3v) is 4.15. The van der Waals surface area contributed by atoms with Crippen molar-refractivity contribution >= 4 is 17.5 Å². The summed E-state index contributed by atoms with van der Waals surface area (Å²) in [6.07, 6.45) is 5.56. The Morgan fingerprint density at radius 2 is 2.39 bits per heavy atom. The number of ether oxygens (including phenoxy) is 1. The van der Waals surface area contributed by atoms with Crippen molar-refractivity contribution in [2.75, 3.05) is 0 Å². The summed E-state index contributed by atoms with van der Waals surface area (Å²) < 4.78 is 9.53. The summed E-state index contributed by atoms with van der Waals surface area (Å²) in [5.74, 6) is -0.681. The Morgan fingerprint density at radius 1 is 1.61 bits per heavy atom. The molecule has 0 spiro atoms. The zero-order valence-corrected chi connectivity index (χ0v) is 11.4. The van der Waals surface area contributed by atoms with Crippen LogP contribution in [0.3, 0.4) is 0 Å². The molecule has 0 saturated heterocycles. The number of carbonyl (C=O) groups is 1. The number of hydrogen-bond donors (Lipinski definition) is 1. The quantitative estimate of drug-likeness (QED) is 0.852. The fraction of sp³-hybridized carbons (Fsp3) is 0.538. The van der Waals surface area contributed by atoms with Gasteiger partial charge in [-0.2, -0.15) is 0 Å². The zero-order valence-electron chi connectivity index (χ0n) is 10.5. The molecule has 1 aromatic rings. The second-order valence-electron chi connectivity index (χ2n) is 4.94. The number of carbonyl (C=O) groups excluding carboxylic acids is 1. The third kappa shape index (κ3) is 2.56. The highest BCUT2D eigenvalue weighted by Gasteiger charge is 2.40. The van der Waals surface area contributed by atoms with Crippen molar-refractivity contribution in [3.05, 3.63) is 29.0 Å².